The second-order valence-corrected chi connectivity index (χ2v) is 5.35. The molecule has 0 aromatic heterocycles. The predicted octanol–water partition coefficient (Wildman–Crippen LogP) is 5.25. The summed E-state index contributed by atoms with van der Waals surface area (Å²) in [5.41, 5.74) is 3.21. The number of hydrogen-bond donors (Lipinski definition) is 2. The quantitative estimate of drug-likeness (QED) is 0.781. The standard InChI is InChI=1S/C15H14Cl2N2O/c1-9-4-6-12(8-13(9)17)18-15(20)19-14-7-11(16)5-3-10(14)2/h3-8H,1-2H3,(H2,18,19,20). The zero-order chi connectivity index (χ0) is 14.7. The van der Waals surface area contributed by atoms with E-state index in [1.54, 1.807) is 24.3 Å². The Labute approximate surface area is 127 Å². The molecule has 0 radical (unpaired) electrons. The minimum atomic E-state index is -0.338. The second kappa shape index (κ2) is 6.16. The zero-order valence-corrected chi connectivity index (χ0v) is 12.6. The van der Waals surface area contributed by atoms with Gasteiger partial charge < -0.3 is 10.6 Å². The number of benzene rings is 2. The van der Waals surface area contributed by atoms with Crippen molar-refractivity contribution in [3.8, 4) is 0 Å². The molecule has 2 amide bonds. The molecule has 2 N–H and O–H groups in total. The third kappa shape index (κ3) is 3.65. The number of carbonyl (C=O) groups is 1. The number of nitrogens with one attached hydrogen (secondary N) is 2. The van der Waals surface area contributed by atoms with Crippen LogP contribution in [0.25, 0.3) is 0 Å². The highest BCUT2D eigenvalue weighted by Crippen LogP contribution is 2.22. The van der Waals surface area contributed by atoms with Gasteiger partial charge in [0.1, 0.15) is 0 Å². The summed E-state index contributed by atoms with van der Waals surface area (Å²) in [5, 5.41) is 6.67. The van der Waals surface area contributed by atoms with Gasteiger partial charge in [0.2, 0.25) is 0 Å². The Kier molecular flexibility index (Phi) is 4.53. The Morgan fingerprint density at radius 2 is 1.65 bits per heavy atom. The molecule has 2 aromatic rings. The monoisotopic (exact) mass is 308 g/mol. The Hall–Kier alpha value is -1.71. The summed E-state index contributed by atoms with van der Waals surface area (Å²) in [6.07, 6.45) is 0. The van der Waals surface area contributed by atoms with Crippen LogP contribution in [0.4, 0.5) is 16.2 Å². The van der Waals surface area contributed by atoms with Crippen LogP contribution >= 0.6 is 23.2 Å². The zero-order valence-electron chi connectivity index (χ0n) is 11.1. The highest BCUT2D eigenvalue weighted by molar-refractivity contribution is 6.31. The fourth-order valence-electron chi connectivity index (χ4n) is 1.68. The lowest BCUT2D eigenvalue weighted by Crippen LogP contribution is -2.20. The molecule has 0 atom stereocenters. The van der Waals surface area contributed by atoms with Gasteiger partial charge in [-0.1, -0.05) is 35.3 Å². The number of halogens is 2. The number of carbonyl (C=O) groups excluding carboxylic acids is 1. The number of rotatable bonds is 2. The Bertz CT molecular complexity index is 656. The number of anilines is 2. The first-order valence-electron chi connectivity index (χ1n) is 6.06. The molecule has 0 heterocycles. The summed E-state index contributed by atoms with van der Waals surface area (Å²) < 4.78 is 0. The molecular weight excluding hydrogens is 295 g/mol. The van der Waals surface area contributed by atoms with E-state index in [4.69, 9.17) is 23.2 Å². The first-order chi connectivity index (χ1) is 9.45. The van der Waals surface area contributed by atoms with E-state index in [9.17, 15) is 4.79 Å². The molecule has 5 heteroatoms. The number of aryl methyl sites for hydroxylation is 2. The van der Waals surface area contributed by atoms with Crippen molar-refractivity contribution >= 4 is 40.6 Å². The lowest BCUT2D eigenvalue weighted by atomic mass is 10.2. The van der Waals surface area contributed by atoms with Crippen molar-refractivity contribution in [3.63, 3.8) is 0 Å². The van der Waals surface area contributed by atoms with Crippen LogP contribution in [0, 0.1) is 13.8 Å². The van der Waals surface area contributed by atoms with E-state index in [2.05, 4.69) is 10.6 Å². The molecule has 0 saturated carbocycles. The van der Waals surface area contributed by atoms with Gasteiger partial charge in [0.25, 0.3) is 0 Å². The molecule has 104 valence electrons. The lowest BCUT2D eigenvalue weighted by molar-refractivity contribution is 0.262. The Morgan fingerprint density at radius 3 is 2.35 bits per heavy atom. The SMILES string of the molecule is Cc1ccc(NC(=O)Nc2cc(Cl)ccc2C)cc1Cl. The maximum atomic E-state index is 11.9. The molecule has 0 fully saturated rings. The highest BCUT2D eigenvalue weighted by Gasteiger charge is 2.06. The third-order valence-electron chi connectivity index (χ3n) is 2.88. The molecule has 2 rings (SSSR count). The summed E-state index contributed by atoms with van der Waals surface area (Å²) >= 11 is 11.9. The maximum Gasteiger partial charge on any atom is 0.323 e. The van der Waals surface area contributed by atoms with Gasteiger partial charge in [-0.15, -0.1) is 0 Å². The average Bonchev–Trinajstić information content (AvgIpc) is 2.38. The fraction of sp³-hybridized carbons (Fsp3) is 0.133. The summed E-state index contributed by atoms with van der Waals surface area (Å²) in [7, 11) is 0. The van der Waals surface area contributed by atoms with Gasteiger partial charge in [-0.2, -0.15) is 0 Å². The predicted molar refractivity (Wildman–Crippen MR) is 85.0 cm³/mol. The van der Waals surface area contributed by atoms with Gasteiger partial charge in [0, 0.05) is 21.4 Å². The summed E-state index contributed by atoms with van der Waals surface area (Å²) in [4.78, 5) is 11.9. The van der Waals surface area contributed by atoms with Crippen LogP contribution in [0.2, 0.25) is 10.0 Å². The fourth-order valence-corrected chi connectivity index (χ4v) is 2.04. The van der Waals surface area contributed by atoms with Crippen molar-refractivity contribution in [1.82, 2.24) is 0 Å². The van der Waals surface area contributed by atoms with E-state index in [1.807, 2.05) is 26.0 Å². The van der Waals surface area contributed by atoms with Gasteiger partial charge in [-0.25, -0.2) is 4.79 Å². The topological polar surface area (TPSA) is 41.1 Å². The first-order valence-corrected chi connectivity index (χ1v) is 6.81. The van der Waals surface area contributed by atoms with E-state index in [0.29, 0.717) is 21.4 Å². The van der Waals surface area contributed by atoms with E-state index < -0.39 is 0 Å². The maximum absolute atomic E-state index is 11.9. The summed E-state index contributed by atoms with van der Waals surface area (Å²) in [6.45, 7) is 3.80. The summed E-state index contributed by atoms with van der Waals surface area (Å²) in [5.74, 6) is 0. The van der Waals surface area contributed by atoms with Crippen molar-refractivity contribution in [1.29, 1.82) is 0 Å². The van der Waals surface area contributed by atoms with Crippen molar-refractivity contribution in [2.75, 3.05) is 10.6 Å². The van der Waals surface area contributed by atoms with Crippen molar-refractivity contribution in [3.05, 3.63) is 57.6 Å². The van der Waals surface area contributed by atoms with Crippen LogP contribution in [0.3, 0.4) is 0 Å². The molecule has 2 aromatic carbocycles. The van der Waals surface area contributed by atoms with Gasteiger partial charge >= 0.3 is 6.03 Å². The number of urea groups is 1. The van der Waals surface area contributed by atoms with Gasteiger partial charge in [0.15, 0.2) is 0 Å². The Balaban J connectivity index is 2.09. The third-order valence-corrected chi connectivity index (χ3v) is 3.52. The smallest absolute Gasteiger partial charge is 0.308 e. The molecule has 0 aliphatic carbocycles. The molecule has 0 aliphatic rings. The van der Waals surface area contributed by atoms with Crippen LogP contribution in [0.5, 0.6) is 0 Å². The largest absolute Gasteiger partial charge is 0.323 e. The highest BCUT2D eigenvalue weighted by atomic mass is 35.5. The Morgan fingerprint density at radius 1 is 0.950 bits per heavy atom. The normalized spacial score (nSPS) is 10.2. The van der Waals surface area contributed by atoms with Crippen molar-refractivity contribution in [2.24, 2.45) is 0 Å². The van der Waals surface area contributed by atoms with Crippen LogP contribution in [-0.4, -0.2) is 6.03 Å². The minimum absolute atomic E-state index is 0.338. The van der Waals surface area contributed by atoms with E-state index in [0.717, 1.165) is 11.1 Å². The lowest BCUT2D eigenvalue weighted by Gasteiger charge is -2.11. The molecule has 0 unspecified atom stereocenters. The van der Waals surface area contributed by atoms with Crippen LogP contribution in [0.15, 0.2) is 36.4 Å². The van der Waals surface area contributed by atoms with Crippen molar-refractivity contribution < 1.29 is 4.79 Å². The molecular formula is C15H14Cl2N2O. The number of amides is 2. The molecule has 0 spiro atoms. The first kappa shape index (κ1) is 14.7. The minimum Gasteiger partial charge on any atom is -0.308 e. The number of hydrogen-bond acceptors (Lipinski definition) is 1. The van der Waals surface area contributed by atoms with Gasteiger partial charge in [-0.3, -0.25) is 0 Å². The van der Waals surface area contributed by atoms with Crippen molar-refractivity contribution in [2.45, 2.75) is 13.8 Å². The molecule has 0 saturated heterocycles. The van der Waals surface area contributed by atoms with Gasteiger partial charge in [-0.05, 0) is 49.2 Å². The van der Waals surface area contributed by atoms with Crippen LogP contribution in [0.1, 0.15) is 11.1 Å². The second-order valence-electron chi connectivity index (χ2n) is 4.50. The van der Waals surface area contributed by atoms with E-state index in [1.165, 1.54) is 0 Å². The average molecular weight is 309 g/mol. The van der Waals surface area contributed by atoms with E-state index >= 15 is 0 Å². The molecule has 3 nitrogen and oxygen atoms in total. The van der Waals surface area contributed by atoms with E-state index in [-0.39, 0.29) is 6.03 Å². The molecule has 0 aliphatic heterocycles. The summed E-state index contributed by atoms with van der Waals surface area (Å²) in [6, 6.07) is 10.4. The molecule has 0 bridgehead atoms. The van der Waals surface area contributed by atoms with Gasteiger partial charge in [0.05, 0.1) is 0 Å². The van der Waals surface area contributed by atoms with Crippen LogP contribution in [-0.2, 0) is 0 Å². The molecule has 20 heavy (non-hydrogen) atoms. The van der Waals surface area contributed by atoms with Crippen LogP contribution < -0.4 is 10.6 Å².